The number of nitrogens with zero attached hydrogens (tertiary/aromatic N) is 2. The Hall–Kier alpha value is -3.80. The molecular weight excluding hydrogens is 438 g/mol. The van der Waals surface area contributed by atoms with Crippen LogP contribution in [-0.2, 0) is 4.74 Å². The van der Waals surface area contributed by atoms with Crippen LogP contribution in [0.4, 0.5) is 4.79 Å². The fourth-order valence-corrected chi connectivity index (χ4v) is 4.79. The summed E-state index contributed by atoms with van der Waals surface area (Å²) in [6.45, 7) is 6.35. The van der Waals surface area contributed by atoms with Gasteiger partial charge in [-0.25, -0.2) is 9.78 Å². The molecule has 180 valence electrons. The highest BCUT2D eigenvalue weighted by molar-refractivity contribution is 6.04. The van der Waals surface area contributed by atoms with Crippen molar-refractivity contribution < 1.29 is 14.3 Å². The average Bonchev–Trinajstić information content (AvgIpc) is 3.52. The van der Waals surface area contributed by atoms with Crippen LogP contribution in [0.3, 0.4) is 0 Å². The predicted octanol–water partition coefficient (Wildman–Crippen LogP) is 6.98. The average molecular weight is 470 g/mol. The minimum atomic E-state index is -0.525. The van der Waals surface area contributed by atoms with E-state index in [4.69, 9.17) is 14.5 Å². The molecule has 1 fully saturated rings. The van der Waals surface area contributed by atoms with Gasteiger partial charge in [0.2, 0.25) is 0 Å². The quantitative estimate of drug-likeness (QED) is 0.350. The molecule has 6 heteroatoms. The number of carbonyl (C=O) groups is 1. The first-order valence-corrected chi connectivity index (χ1v) is 12.0. The van der Waals surface area contributed by atoms with Crippen molar-refractivity contribution in [1.82, 2.24) is 14.9 Å². The van der Waals surface area contributed by atoms with Crippen molar-refractivity contribution in [2.75, 3.05) is 13.7 Å². The normalized spacial score (nSPS) is 16.0. The van der Waals surface area contributed by atoms with Crippen LogP contribution in [0.2, 0.25) is 0 Å². The number of fused-ring (bicyclic) bond motifs is 1. The van der Waals surface area contributed by atoms with Crippen molar-refractivity contribution in [2.24, 2.45) is 0 Å². The van der Waals surface area contributed by atoms with E-state index in [0.717, 1.165) is 46.6 Å². The Morgan fingerprint density at radius 1 is 1.00 bits per heavy atom. The number of ether oxygens (including phenoxy) is 2. The lowest BCUT2D eigenvalue weighted by atomic mass is 9.94. The monoisotopic (exact) mass is 469 g/mol. The first-order valence-electron chi connectivity index (χ1n) is 12.0. The van der Waals surface area contributed by atoms with Gasteiger partial charge in [-0.15, -0.1) is 0 Å². The molecule has 0 radical (unpaired) electrons. The number of methoxy groups -OCH3 is 1. The Morgan fingerprint density at radius 2 is 1.69 bits per heavy atom. The predicted molar refractivity (Wildman–Crippen MR) is 138 cm³/mol. The number of imidazole rings is 1. The number of nitrogens with one attached hydrogen (secondary N) is 1. The molecule has 0 saturated carbocycles. The summed E-state index contributed by atoms with van der Waals surface area (Å²) < 4.78 is 10.9. The van der Waals surface area contributed by atoms with Crippen molar-refractivity contribution in [1.29, 1.82) is 0 Å². The molecule has 0 spiro atoms. The highest BCUT2D eigenvalue weighted by Crippen LogP contribution is 2.37. The van der Waals surface area contributed by atoms with Crippen molar-refractivity contribution in [3.8, 4) is 28.1 Å². The molecule has 1 aliphatic rings. The molecule has 1 amide bonds. The number of H-pyrrole nitrogens is 1. The molecule has 3 aromatic carbocycles. The summed E-state index contributed by atoms with van der Waals surface area (Å²) in [6, 6.07) is 20.7. The lowest BCUT2D eigenvalue weighted by Gasteiger charge is -2.27. The Bertz CT molecular complexity index is 1350. The van der Waals surface area contributed by atoms with Gasteiger partial charge in [0.15, 0.2) is 0 Å². The second-order valence-corrected chi connectivity index (χ2v) is 9.95. The molecule has 0 aliphatic carbocycles. The number of hydrogen-bond acceptors (Lipinski definition) is 4. The van der Waals surface area contributed by atoms with E-state index in [2.05, 4.69) is 53.5 Å². The van der Waals surface area contributed by atoms with Gasteiger partial charge >= 0.3 is 6.09 Å². The van der Waals surface area contributed by atoms with Crippen molar-refractivity contribution in [2.45, 2.75) is 45.3 Å². The van der Waals surface area contributed by atoms with Crippen LogP contribution in [0, 0.1) is 0 Å². The minimum Gasteiger partial charge on any atom is -0.497 e. The van der Waals surface area contributed by atoms with Crippen LogP contribution in [0.1, 0.15) is 45.5 Å². The second kappa shape index (κ2) is 9.10. The number of rotatable bonds is 4. The number of hydrogen-bond donors (Lipinski definition) is 1. The van der Waals surface area contributed by atoms with Crippen molar-refractivity contribution in [3.63, 3.8) is 0 Å². The summed E-state index contributed by atoms with van der Waals surface area (Å²) in [7, 11) is 1.68. The van der Waals surface area contributed by atoms with E-state index in [1.165, 1.54) is 10.9 Å². The van der Waals surface area contributed by atoms with E-state index in [9.17, 15) is 4.79 Å². The minimum absolute atomic E-state index is 0.108. The Morgan fingerprint density at radius 3 is 2.37 bits per heavy atom. The number of carbonyl (C=O) groups excluding carboxylic acids is 1. The Balaban J connectivity index is 1.48. The molecule has 6 nitrogen and oxygen atoms in total. The largest absolute Gasteiger partial charge is 0.497 e. The van der Waals surface area contributed by atoms with Gasteiger partial charge < -0.3 is 14.5 Å². The van der Waals surface area contributed by atoms with Gasteiger partial charge in [0.1, 0.15) is 17.2 Å². The molecule has 1 aromatic heterocycles. The molecular formula is C29H31N3O3. The van der Waals surface area contributed by atoms with Gasteiger partial charge in [0, 0.05) is 12.1 Å². The fraction of sp³-hybridized carbons (Fsp3) is 0.310. The Kier molecular flexibility index (Phi) is 5.97. The smallest absolute Gasteiger partial charge is 0.410 e. The lowest BCUT2D eigenvalue weighted by molar-refractivity contribution is 0.0218. The number of aromatic nitrogens is 2. The molecule has 0 bridgehead atoms. The first-order chi connectivity index (χ1) is 16.8. The van der Waals surface area contributed by atoms with Crippen molar-refractivity contribution >= 4 is 16.9 Å². The zero-order valence-corrected chi connectivity index (χ0v) is 20.7. The molecule has 1 aliphatic heterocycles. The van der Waals surface area contributed by atoms with Crippen LogP contribution in [0.5, 0.6) is 5.75 Å². The molecule has 1 atom stereocenters. The zero-order chi connectivity index (χ0) is 24.6. The maximum atomic E-state index is 12.8. The molecule has 1 unspecified atom stereocenters. The summed E-state index contributed by atoms with van der Waals surface area (Å²) in [6.07, 6.45) is 3.38. The highest BCUT2D eigenvalue weighted by Gasteiger charge is 2.34. The third-order valence-corrected chi connectivity index (χ3v) is 6.41. The maximum Gasteiger partial charge on any atom is 0.410 e. The van der Waals surface area contributed by atoms with Gasteiger partial charge in [0.05, 0.1) is 25.0 Å². The Labute approximate surface area is 205 Å². The topological polar surface area (TPSA) is 67.4 Å². The van der Waals surface area contributed by atoms with E-state index in [-0.39, 0.29) is 12.1 Å². The summed E-state index contributed by atoms with van der Waals surface area (Å²) >= 11 is 0. The molecule has 5 rings (SSSR count). The molecule has 1 saturated heterocycles. The SMILES string of the molecule is COc1ccc(-c2ccc(-c3cnc(C4CCCN4C(=O)OC(C)(C)C)[nH]3)c3ccccc23)cc1. The van der Waals surface area contributed by atoms with Crippen molar-refractivity contribution in [3.05, 3.63) is 72.7 Å². The second-order valence-electron chi connectivity index (χ2n) is 9.95. The highest BCUT2D eigenvalue weighted by atomic mass is 16.6. The van der Waals surface area contributed by atoms with Crippen LogP contribution in [-0.4, -0.2) is 40.2 Å². The first kappa shape index (κ1) is 23.0. The molecule has 1 N–H and O–H groups in total. The molecule has 4 aromatic rings. The molecule has 2 heterocycles. The van der Waals surface area contributed by atoms with E-state index in [1.54, 1.807) is 12.0 Å². The summed E-state index contributed by atoms with van der Waals surface area (Å²) in [5.41, 5.74) is 3.80. The van der Waals surface area contributed by atoms with Crippen LogP contribution >= 0.6 is 0 Å². The summed E-state index contributed by atoms with van der Waals surface area (Å²) in [4.78, 5) is 22.8. The van der Waals surface area contributed by atoms with Gasteiger partial charge in [-0.2, -0.15) is 0 Å². The van der Waals surface area contributed by atoms with E-state index in [0.29, 0.717) is 6.54 Å². The third kappa shape index (κ3) is 4.61. The summed E-state index contributed by atoms with van der Waals surface area (Å²) in [5, 5.41) is 2.31. The lowest BCUT2D eigenvalue weighted by Crippen LogP contribution is -2.36. The number of likely N-dealkylation sites (tertiary alicyclic amines) is 1. The van der Waals surface area contributed by atoms with Gasteiger partial charge in [-0.1, -0.05) is 48.5 Å². The maximum absolute atomic E-state index is 12.8. The van der Waals surface area contributed by atoms with E-state index >= 15 is 0 Å². The number of amides is 1. The van der Waals surface area contributed by atoms with Crippen LogP contribution in [0.15, 0.2) is 66.9 Å². The standard InChI is InChI=1S/C29H31N3O3/c1-29(2,3)35-28(33)32-17-7-10-26(32)27-30-18-25(31-27)24-16-15-21(22-8-5-6-9-23(22)24)19-11-13-20(34-4)14-12-19/h5-6,8-9,11-16,18,26H,7,10,17H2,1-4H3,(H,30,31). The summed E-state index contributed by atoms with van der Waals surface area (Å²) in [5.74, 6) is 1.64. The van der Waals surface area contributed by atoms with Gasteiger partial charge in [0.25, 0.3) is 0 Å². The third-order valence-electron chi connectivity index (χ3n) is 6.41. The number of benzene rings is 3. The van der Waals surface area contributed by atoms with E-state index in [1.807, 2.05) is 39.1 Å². The number of aromatic amines is 1. The zero-order valence-electron chi connectivity index (χ0n) is 20.7. The molecule has 35 heavy (non-hydrogen) atoms. The fourth-order valence-electron chi connectivity index (χ4n) is 4.79. The van der Waals surface area contributed by atoms with E-state index < -0.39 is 5.60 Å². The van der Waals surface area contributed by atoms with Crippen LogP contribution < -0.4 is 4.74 Å². The van der Waals surface area contributed by atoms with Gasteiger partial charge in [-0.3, -0.25) is 4.90 Å². The van der Waals surface area contributed by atoms with Gasteiger partial charge in [-0.05, 0) is 67.6 Å². The van der Waals surface area contributed by atoms with Crippen LogP contribution in [0.25, 0.3) is 33.2 Å².